The number of nitrogens with one attached hydrogen (secondary N) is 1. The van der Waals surface area contributed by atoms with Gasteiger partial charge in [0.15, 0.2) is 0 Å². The van der Waals surface area contributed by atoms with Crippen molar-refractivity contribution in [3.8, 4) is 0 Å². The molecule has 2 aromatic heterocycles. The molecule has 0 amide bonds. The standard InChI is InChI=1S/C14H14N6S/c15-12-9-3-1-2-4-10(9)16-11(17-12)7-21-14-18-13(19-20-14)8-5-6-8/h1-4,8H,5-7H2,(H2,15,16,17)(H,18,19,20). The SMILES string of the molecule is Nc1nc(CSc2n[nH]c(C3CC3)n2)nc2ccccc12. The van der Waals surface area contributed by atoms with E-state index in [-0.39, 0.29) is 0 Å². The molecule has 0 unspecified atom stereocenters. The number of anilines is 1. The van der Waals surface area contributed by atoms with Crippen LogP contribution in [0.2, 0.25) is 0 Å². The van der Waals surface area contributed by atoms with Crippen molar-refractivity contribution in [2.45, 2.75) is 29.7 Å². The topological polar surface area (TPSA) is 93.4 Å². The number of aromatic nitrogens is 5. The lowest BCUT2D eigenvalue weighted by atomic mass is 10.2. The van der Waals surface area contributed by atoms with Gasteiger partial charge in [0.25, 0.3) is 0 Å². The number of aromatic amines is 1. The van der Waals surface area contributed by atoms with Crippen LogP contribution in [0, 0.1) is 0 Å². The molecule has 2 heterocycles. The van der Waals surface area contributed by atoms with E-state index in [4.69, 9.17) is 5.73 Å². The van der Waals surface area contributed by atoms with Crippen LogP contribution in [-0.2, 0) is 5.75 Å². The first-order valence-electron chi connectivity index (χ1n) is 6.86. The van der Waals surface area contributed by atoms with Gasteiger partial charge in [-0.15, -0.1) is 5.10 Å². The fraction of sp³-hybridized carbons (Fsp3) is 0.286. The number of nitrogens with zero attached hydrogens (tertiary/aromatic N) is 4. The Labute approximate surface area is 125 Å². The van der Waals surface area contributed by atoms with Crippen LogP contribution in [0.25, 0.3) is 10.9 Å². The number of hydrogen-bond donors (Lipinski definition) is 2. The minimum absolute atomic E-state index is 0.518. The molecule has 1 fully saturated rings. The van der Waals surface area contributed by atoms with Crippen LogP contribution < -0.4 is 5.73 Å². The first-order valence-corrected chi connectivity index (χ1v) is 7.84. The number of para-hydroxylation sites is 1. The largest absolute Gasteiger partial charge is 0.383 e. The fourth-order valence-corrected chi connectivity index (χ4v) is 2.87. The van der Waals surface area contributed by atoms with E-state index in [9.17, 15) is 0 Å². The highest BCUT2D eigenvalue weighted by atomic mass is 32.2. The predicted molar refractivity (Wildman–Crippen MR) is 81.9 cm³/mol. The maximum Gasteiger partial charge on any atom is 0.208 e. The Kier molecular flexibility index (Phi) is 2.99. The van der Waals surface area contributed by atoms with E-state index in [1.807, 2.05) is 24.3 Å². The van der Waals surface area contributed by atoms with Crippen molar-refractivity contribution >= 4 is 28.5 Å². The molecule has 0 radical (unpaired) electrons. The third-order valence-corrected chi connectivity index (χ3v) is 4.30. The predicted octanol–water partition coefficient (Wildman–Crippen LogP) is 2.50. The highest BCUT2D eigenvalue weighted by Gasteiger charge is 2.27. The van der Waals surface area contributed by atoms with Gasteiger partial charge < -0.3 is 5.73 Å². The van der Waals surface area contributed by atoms with Gasteiger partial charge >= 0.3 is 0 Å². The van der Waals surface area contributed by atoms with Crippen LogP contribution in [0.15, 0.2) is 29.4 Å². The van der Waals surface area contributed by atoms with E-state index in [2.05, 4.69) is 25.1 Å². The van der Waals surface area contributed by atoms with Gasteiger partial charge in [0.1, 0.15) is 17.5 Å². The molecule has 3 N–H and O–H groups in total. The van der Waals surface area contributed by atoms with E-state index in [1.54, 1.807) is 0 Å². The third kappa shape index (κ3) is 2.56. The molecule has 0 saturated heterocycles. The maximum absolute atomic E-state index is 5.98. The average molecular weight is 298 g/mol. The molecule has 1 aliphatic rings. The van der Waals surface area contributed by atoms with E-state index >= 15 is 0 Å². The molecule has 106 valence electrons. The van der Waals surface area contributed by atoms with E-state index in [0.717, 1.165) is 21.9 Å². The summed E-state index contributed by atoms with van der Waals surface area (Å²) in [6.45, 7) is 0. The Morgan fingerprint density at radius 1 is 1.19 bits per heavy atom. The van der Waals surface area contributed by atoms with Gasteiger partial charge in [-0.05, 0) is 25.0 Å². The number of rotatable bonds is 4. The minimum atomic E-state index is 0.518. The second-order valence-electron chi connectivity index (χ2n) is 5.11. The lowest BCUT2D eigenvalue weighted by Gasteiger charge is -2.03. The van der Waals surface area contributed by atoms with Gasteiger partial charge in [0.05, 0.1) is 11.3 Å². The summed E-state index contributed by atoms with van der Waals surface area (Å²) in [6.07, 6.45) is 2.42. The van der Waals surface area contributed by atoms with Crippen molar-refractivity contribution < 1.29 is 0 Å². The normalized spacial score (nSPS) is 14.7. The molecule has 0 aliphatic heterocycles. The molecule has 21 heavy (non-hydrogen) atoms. The van der Waals surface area contributed by atoms with Crippen LogP contribution in [0.5, 0.6) is 0 Å². The summed E-state index contributed by atoms with van der Waals surface area (Å²) in [5, 5.41) is 8.85. The molecule has 1 aromatic carbocycles. The summed E-state index contributed by atoms with van der Waals surface area (Å²) >= 11 is 1.52. The van der Waals surface area contributed by atoms with E-state index in [0.29, 0.717) is 23.3 Å². The Morgan fingerprint density at radius 2 is 2.05 bits per heavy atom. The quantitative estimate of drug-likeness (QED) is 0.719. The highest BCUT2D eigenvalue weighted by Crippen LogP contribution is 2.38. The van der Waals surface area contributed by atoms with Gasteiger partial charge in [-0.2, -0.15) is 0 Å². The molecule has 3 aromatic rings. The van der Waals surface area contributed by atoms with Gasteiger partial charge in [-0.3, -0.25) is 5.10 Å². The fourth-order valence-electron chi connectivity index (χ4n) is 2.21. The second kappa shape index (κ2) is 5.00. The highest BCUT2D eigenvalue weighted by molar-refractivity contribution is 7.98. The van der Waals surface area contributed by atoms with Crippen molar-refractivity contribution in [3.05, 3.63) is 35.9 Å². The Hall–Kier alpha value is -2.15. The molecule has 0 spiro atoms. The molecule has 1 saturated carbocycles. The molecular formula is C14H14N6S. The molecule has 4 rings (SSSR count). The smallest absolute Gasteiger partial charge is 0.208 e. The van der Waals surface area contributed by atoms with Gasteiger partial charge in [-0.25, -0.2) is 15.0 Å². The van der Waals surface area contributed by atoms with Crippen LogP contribution in [-0.4, -0.2) is 25.1 Å². The summed E-state index contributed by atoms with van der Waals surface area (Å²) < 4.78 is 0. The van der Waals surface area contributed by atoms with Crippen molar-refractivity contribution in [1.29, 1.82) is 0 Å². The zero-order valence-corrected chi connectivity index (χ0v) is 12.1. The lowest BCUT2D eigenvalue weighted by molar-refractivity contribution is 0.931. The number of H-pyrrole nitrogens is 1. The average Bonchev–Trinajstić information content (AvgIpc) is 3.24. The summed E-state index contributed by atoms with van der Waals surface area (Å²) in [7, 11) is 0. The van der Waals surface area contributed by atoms with Crippen LogP contribution in [0.4, 0.5) is 5.82 Å². The molecule has 7 heteroatoms. The van der Waals surface area contributed by atoms with Crippen LogP contribution >= 0.6 is 11.8 Å². The minimum Gasteiger partial charge on any atom is -0.383 e. The zero-order chi connectivity index (χ0) is 14.2. The van der Waals surface area contributed by atoms with Crippen molar-refractivity contribution in [3.63, 3.8) is 0 Å². The van der Waals surface area contributed by atoms with Gasteiger partial charge in [-0.1, -0.05) is 23.9 Å². The number of nitrogens with two attached hydrogens (primary N) is 1. The maximum atomic E-state index is 5.98. The second-order valence-corrected chi connectivity index (χ2v) is 6.05. The summed E-state index contributed by atoms with van der Waals surface area (Å²) in [5.41, 5.74) is 6.85. The monoisotopic (exact) mass is 298 g/mol. The molecule has 0 atom stereocenters. The van der Waals surface area contributed by atoms with Crippen molar-refractivity contribution in [2.24, 2.45) is 0 Å². The summed E-state index contributed by atoms with van der Waals surface area (Å²) in [6, 6.07) is 7.75. The van der Waals surface area contributed by atoms with Crippen LogP contribution in [0.3, 0.4) is 0 Å². The number of benzene rings is 1. The molecule has 6 nitrogen and oxygen atoms in total. The summed E-state index contributed by atoms with van der Waals surface area (Å²) in [5.74, 6) is 3.41. The first kappa shape index (κ1) is 12.6. The van der Waals surface area contributed by atoms with Crippen LogP contribution in [0.1, 0.15) is 30.4 Å². The van der Waals surface area contributed by atoms with E-state index < -0.39 is 0 Å². The Morgan fingerprint density at radius 3 is 2.90 bits per heavy atom. The van der Waals surface area contributed by atoms with Crippen molar-refractivity contribution in [1.82, 2.24) is 25.1 Å². The molecular weight excluding hydrogens is 284 g/mol. The third-order valence-electron chi connectivity index (χ3n) is 3.46. The Bertz CT molecular complexity index is 795. The molecule has 0 bridgehead atoms. The Balaban J connectivity index is 1.53. The van der Waals surface area contributed by atoms with Gasteiger partial charge in [0, 0.05) is 11.3 Å². The number of thioether (sulfide) groups is 1. The van der Waals surface area contributed by atoms with Gasteiger partial charge in [0.2, 0.25) is 5.16 Å². The summed E-state index contributed by atoms with van der Waals surface area (Å²) in [4.78, 5) is 13.4. The lowest BCUT2D eigenvalue weighted by Crippen LogP contribution is -2.00. The first-order chi connectivity index (χ1) is 10.3. The number of nitrogen functional groups attached to an aromatic ring is 1. The number of hydrogen-bond acceptors (Lipinski definition) is 6. The van der Waals surface area contributed by atoms with E-state index in [1.165, 1.54) is 24.6 Å². The zero-order valence-electron chi connectivity index (χ0n) is 11.3. The number of fused-ring (bicyclic) bond motifs is 1. The molecule has 1 aliphatic carbocycles. The van der Waals surface area contributed by atoms with Crippen molar-refractivity contribution in [2.75, 3.05) is 5.73 Å².